The van der Waals surface area contributed by atoms with E-state index >= 15 is 0 Å². The van der Waals surface area contributed by atoms with Gasteiger partial charge in [0.05, 0.1) is 25.4 Å². The Kier molecular flexibility index (Phi) is 45.1. The number of ether oxygens (including phenoxy) is 1. The first-order chi connectivity index (χ1) is 27.5. The summed E-state index contributed by atoms with van der Waals surface area (Å²) >= 11 is 0. The molecule has 0 aromatic heterocycles. The first-order valence-corrected chi connectivity index (χ1v) is 25.0. The highest BCUT2D eigenvalue weighted by Crippen LogP contribution is 2.16. The van der Waals surface area contributed by atoms with Crippen LogP contribution in [0.2, 0.25) is 0 Å². The first kappa shape index (κ1) is 54.6. The Morgan fingerprint density at radius 1 is 0.482 bits per heavy atom. The van der Waals surface area contributed by atoms with Crippen LogP contribution in [0.4, 0.5) is 0 Å². The van der Waals surface area contributed by atoms with Crippen molar-refractivity contribution in [1.29, 1.82) is 0 Å². The highest BCUT2D eigenvalue weighted by atomic mass is 16.5. The third-order valence-electron chi connectivity index (χ3n) is 11.6. The fourth-order valence-corrected chi connectivity index (χ4v) is 7.69. The predicted molar refractivity (Wildman–Crippen MR) is 241 cm³/mol. The summed E-state index contributed by atoms with van der Waals surface area (Å²) in [6.07, 6.45) is 52.0. The number of hydrogen-bond acceptors (Lipinski definition) is 5. The van der Waals surface area contributed by atoms with Crippen molar-refractivity contribution in [2.75, 3.05) is 13.2 Å². The Labute approximate surface area is 349 Å². The minimum atomic E-state index is -0.847. The zero-order valence-electron chi connectivity index (χ0n) is 37.6. The molecule has 0 bridgehead atoms. The van der Waals surface area contributed by atoms with Crippen LogP contribution in [0, 0.1) is 0 Å². The molecule has 0 saturated carbocycles. The Balaban J connectivity index is 3.45. The molecule has 2 atom stereocenters. The van der Waals surface area contributed by atoms with Gasteiger partial charge in [-0.1, -0.05) is 238 Å². The summed E-state index contributed by atoms with van der Waals surface area (Å²) in [5, 5.41) is 23.0. The molecule has 332 valence electrons. The molecule has 2 unspecified atom stereocenters. The highest BCUT2D eigenvalue weighted by molar-refractivity contribution is 5.76. The minimum Gasteiger partial charge on any atom is -0.466 e. The van der Waals surface area contributed by atoms with Crippen molar-refractivity contribution >= 4 is 11.9 Å². The maximum atomic E-state index is 12.4. The zero-order chi connectivity index (χ0) is 40.8. The normalized spacial score (nSPS) is 12.7. The summed E-state index contributed by atoms with van der Waals surface area (Å²) in [7, 11) is 0. The van der Waals surface area contributed by atoms with Crippen molar-refractivity contribution in [3.05, 3.63) is 12.2 Å². The summed E-state index contributed by atoms with van der Waals surface area (Å²) in [6.45, 7) is 4.88. The highest BCUT2D eigenvalue weighted by Gasteiger charge is 2.18. The Bertz CT molecular complexity index is 832. The van der Waals surface area contributed by atoms with Gasteiger partial charge in [0, 0.05) is 12.8 Å². The van der Waals surface area contributed by atoms with Crippen molar-refractivity contribution in [1.82, 2.24) is 5.32 Å². The topological polar surface area (TPSA) is 95.9 Å². The summed E-state index contributed by atoms with van der Waals surface area (Å²) in [5.41, 5.74) is 0. The molecule has 0 radical (unpaired) electrons. The van der Waals surface area contributed by atoms with Crippen LogP contribution in [0.3, 0.4) is 0 Å². The lowest BCUT2D eigenvalue weighted by atomic mass is 10.0. The molecule has 0 saturated heterocycles. The van der Waals surface area contributed by atoms with Gasteiger partial charge in [0.25, 0.3) is 0 Å². The van der Waals surface area contributed by atoms with E-state index in [9.17, 15) is 19.8 Å². The fraction of sp³-hybridized carbons (Fsp3) is 0.920. The summed E-state index contributed by atoms with van der Waals surface area (Å²) < 4.78 is 5.45. The van der Waals surface area contributed by atoms with E-state index in [0.717, 1.165) is 44.9 Å². The molecule has 0 aromatic carbocycles. The molecule has 0 aliphatic heterocycles. The number of carbonyl (C=O) groups is 2. The molecular formula is C50H97NO5. The number of hydrogen-bond donors (Lipinski definition) is 3. The lowest BCUT2D eigenvalue weighted by Crippen LogP contribution is -2.45. The fourth-order valence-electron chi connectivity index (χ4n) is 7.69. The molecule has 0 spiro atoms. The van der Waals surface area contributed by atoms with E-state index in [1.165, 1.54) is 199 Å². The van der Waals surface area contributed by atoms with Crippen molar-refractivity contribution in [2.45, 2.75) is 283 Å². The predicted octanol–water partition coefficient (Wildman–Crippen LogP) is 14.6. The van der Waals surface area contributed by atoms with E-state index in [-0.39, 0.29) is 18.5 Å². The summed E-state index contributed by atoms with van der Waals surface area (Å²) in [5.74, 6) is -0.0767. The number of amides is 1. The zero-order valence-corrected chi connectivity index (χ0v) is 37.6. The maximum absolute atomic E-state index is 12.4. The first-order valence-electron chi connectivity index (χ1n) is 25.0. The molecule has 1 amide bonds. The van der Waals surface area contributed by atoms with Gasteiger partial charge in [-0.3, -0.25) is 9.59 Å². The van der Waals surface area contributed by atoms with Gasteiger partial charge >= 0.3 is 5.97 Å². The van der Waals surface area contributed by atoms with Crippen LogP contribution in [0.1, 0.15) is 271 Å². The van der Waals surface area contributed by atoms with Crippen molar-refractivity contribution < 1.29 is 24.5 Å². The Hall–Kier alpha value is -1.40. The van der Waals surface area contributed by atoms with Crippen LogP contribution >= 0.6 is 0 Å². The second-order valence-electron chi connectivity index (χ2n) is 17.2. The Morgan fingerprint density at radius 2 is 0.821 bits per heavy atom. The monoisotopic (exact) mass is 792 g/mol. The van der Waals surface area contributed by atoms with E-state index in [2.05, 4.69) is 19.2 Å². The van der Waals surface area contributed by atoms with Crippen LogP contribution in [-0.4, -0.2) is 47.4 Å². The SMILES string of the molecule is CCCCCCCCCCCC/C=C/C(O)C(CO)NC(=O)CCCCCCCCCCCCCCCCCOC(=O)CCCCCCCCCCCCCC. The Morgan fingerprint density at radius 3 is 1.21 bits per heavy atom. The average Bonchev–Trinajstić information content (AvgIpc) is 3.20. The number of nitrogens with one attached hydrogen (secondary N) is 1. The number of esters is 1. The quantitative estimate of drug-likeness (QED) is 0.0324. The second-order valence-corrected chi connectivity index (χ2v) is 17.2. The maximum Gasteiger partial charge on any atom is 0.305 e. The smallest absolute Gasteiger partial charge is 0.305 e. The van der Waals surface area contributed by atoms with Crippen LogP contribution in [0.25, 0.3) is 0 Å². The van der Waals surface area contributed by atoms with Gasteiger partial charge in [-0.05, 0) is 32.1 Å². The average molecular weight is 792 g/mol. The number of unbranched alkanes of at least 4 members (excludes halogenated alkanes) is 35. The molecule has 0 fully saturated rings. The molecule has 6 nitrogen and oxygen atoms in total. The largest absolute Gasteiger partial charge is 0.466 e. The number of rotatable bonds is 46. The summed E-state index contributed by atoms with van der Waals surface area (Å²) in [6, 6.07) is -0.631. The molecule has 56 heavy (non-hydrogen) atoms. The van der Waals surface area contributed by atoms with Crippen LogP contribution < -0.4 is 5.32 Å². The molecule has 0 rings (SSSR count). The van der Waals surface area contributed by atoms with Crippen molar-refractivity contribution in [3.63, 3.8) is 0 Å². The molecule has 3 N–H and O–H groups in total. The van der Waals surface area contributed by atoms with Gasteiger partial charge < -0.3 is 20.3 Å². The standard InChI is InChI=1S/C50H97NO5/c1-3-5-7-9-11-13-15-22-26-30-34-38-42-48(53)47(46-52)51-49(54)43-39-35-31-27-23-20-18-17-19-21-25-29-33-37-41-45-56-50(55)44-40-36-32-28-24-16-14-12-10-8-6-4-2/h38,42,47-48,52-53H,3-37,39-41,43-46H2,1-2H3,(H,51,54)/b42-38+. The van der Waals surface area contributed by atoms with E-state index in [1.807, 2.05) is 6.08 Å². The number of aliphatic hydroxyl groups is 2. The van der Waals surface area contributed by atoms with E-state index in [0.29, 0.717) is 19.4 Å². The van der Waals surface area contributed by atoms with Gasteiger partial charge in [-0.2, -0.15) is 0 Å². The van der Waals surface area contributed by atoms with E-state index in [1.54, 1.807) is 6.08 Å². The minimum absolute atomic E-state index is 0.0000129. The van der Waals surface area contributed by atoms with E-state index < -0.39 is 12.1 Å². The van der Waals surface area contributed by atoms with Crippen molar-refractivity contribution in [2.24, 2.45) is 0 Å². The van der Waals surface area contributed by atoms with E-state index in [4.69, 9.17) is 4.74 Å². The van der Waals surface area contributed by atoms with Gasteiger partial charge in [0.15, 0.2) is 0 Å². The van der Waals surface area contributed by atoms with Gasteiger partial charge in [0.2, 0.25) is 5.91 Å². The molecule has 0 aromatic rings. The molecule has 0 aliphatic rings. The lowest BCUT2D eigenvalue weighted by Gasteiger charge is -2.20. The van der Waals surface area contributed by atoms with Crippen LogP contribution in [0.15, 0.2) is 12.2 Å². The van der Waals surface area contributed by atoms with Crippen LogP contribution in [0.5, 0.6) is 0 Å². The third kappa shape index (κ3) is 42.2. The van der Waals surface area contributed by atoms with Gasteiger partial charge in [0.1, 0.15) is 0 Å². The lowest BCUT2D eigenvalue weighted by molar-refractivity contribution is -0.143. The number of carbonyl (C=O) groups excluding carboxylic acids is 2. The van der Waals surface area contributed by atoms with Gasteiger partial charge in [-0.25, -0.2) is 0 Å². The van der Waals surface area contributed by atoms with Crippen LogP contribution in [-0.2, 0) is 14.3 Å². The molecule has 6 heteroatoms. The van der Waals surface area contributed by atoms with Gasteiger partial charge in [-0.15, -0.1) is 0 Å². The number of aliphatic hydroxyl groups excluding tert-OH is 2. The molecular weight excluding hydrogens is 695 g/mol. The summed E-state index contributed by atoms with van der Waals surface area (Å²) in [4.78, 5) is 24.4. The van der Waals surface area contributed by atoms with Crippen molar-refractivity contribution in [3.8, 4) is 0 Å². The number of allylic oxidation sites excluding steroid dienone is 1. The second kappa shape index (κ2) is 46.3. The molecule has 0 heterocycles. The molecule has 0 aliphatic carbocycles. The third-order valence-corrected chi connectivity index (χ3v) is 11.6.